The summed E-state index contributed by atoms with van der Waals surface area (Å²) in [5.74, 6) is -3.63. The Hall–Kier alpha value is -4.42. The Bertz CT molecular complexity index is 2190. The van der Waals surface area contributed by atoms with Gasteiger partial charge in [0.1, 0.15) is 11.8 Å². The molecule has 2 aliphatic heterocycles. The number of hydrogen-bond acceptors (Lipinski definition) is 8. The van der Waals surface area contributed by atoms with Crippen molar-refractivity contribution in [2.75, 3.05) is 16.8 Å². The quantitative estimate of drug-likeness (QED) is 0.143. The third-order valence-corrected chi connectivity index (χ3v) is 11.8. The van der Waals surface area contributed by atoms with Crippen LogP contribution in [0.2, 0.25) is 10.0 Å². The molecule has 0 spiro atoms. The Balaban J connectivity index is 1.27. The molecule has 48 heavy (non-hydrogen) atoms. The maximum atomic E-state index is 14.2. The molecule has 3 amide bonds. The summed E-state index contributed by atoms with van der Waals surface area (Å²) in [6.07, 6.45) is 0. The first kappa shape index (κ1) is 32.1. The predicted octanol–water partition coefficient (Wildman–Crippen LogP) is 6.98. The molecular weight excluding hydrogens is 693 g/mol. The van der Waals surface area contributed by atoms with Crippen LogP contribution in [0.3, 0.4) is 0 Å². The maximum Gasteiger partial charge on any atom is 0.338 e. The van der Waals surface area contributed by atoms with Crippen molar-refractivity contribution in [3.8, 4) is 0 Å². The number of hydrogen-bond donors (Lipinski definition) is 1. The Morgan fingerprint density at radius 3 is 2.40 bits per heavy atom. The van der Waals surface area contributed by atoms with Gasteiger partial charge >= 0.3 is 10.8 Å². The first-order chi connectivity index (χ1) is 23.2. The summed E-state index contributed by atoms with van der Waals surface area (Å²) >= 11 is 15.2. The number of thioether (sulfide) groups is 1. The zero-order valence-corrected chi connectivity index (χ0v) is 28.3. The lowest BCUT2D eigenvalue weighted by Crippen LogP contribution is -2.33. The number of aromatic nitrogens is 1. The van der Waals surface area contributed by atoms with E-state index in [1.165, 1.54) is 28.8 Å². The summed E-state index contributed by atoms with van der Waals surface area (Å²) in [5, 5.41) is 4.68. The number of rotatable bonds is 7. The third kappa shape index (κ3) is 5.50. The second-order valence-electron chi connectivity index (χ2n) is 11.2. The van der Waals surface area contributed by atoms with Crippen LogP contribution in [-0.4, -0.2) is 40.1 Å². The van der Waals surface area contributed by atoms with E-state index in [1.807, 2.05) is 36.4 Å². The molecule has 1 fully saturated rings. The number of carbonyl (C=O) groups excluding carboxylic acids is 4. The maximum absolute atomic E-state index is 14.2. The van der Waals surface area contributed by atoms with Gasteiger partial charge < -0.3 is 10.1 Å². The summed E-state index contributed by atoms with van der Waals surface area (Å²) in [5.41, 5.74) is 1.67. The number of anilines is 2. The number of benzene rings is 4. The van der Waals surface area contributed by atoms with E-state index in [9.17, 15) is 24.0 Å². The first-order valence-corrected chi connectivity index (χ1v) is 17.4. The van der Waals surface area contributed by atoms with E-state index in [0.29, 0.717) is 26.8 Å². The van der Waals surface area contributed by atoms with Gasteiger partial charge in [-0.2, -0.15) is 0 Å². The van der Waals surface area contributed by atoms with E-state index in [-0.39, 0.29) is 28.8 Å². The van der Waals surface area contributed by atoms with Gasteiger partial charge in [0, 0.05) is 21.9 Å². The van der Waals surface area contributed by atoms with E-state index < -0.39 is 45.6 Å². The number of halogens is 2. The van der Waals surface area contributed by atoms with E-state index >= 15 is 0 Å². The molecule has 0 bridgehead atoms. The molecule has 3 atom stereocenters. The van der Waals surface area contributed by atoms with Crippen molar-refractivity contribution >= 4 is 92.1 Å². The van der Waals surface area contributed by atoms with Crippen molar-refractivity contribution in [1.82, 2.24) is 4.57 Å². The second kappa shape index (κ2) is 12.9. The van der Waals surface area contributed by atoms with E-state index in [1.54, 1.807) is 31.2 Å². The topological polar surface area (TPSA) is 115 Å². The largest absolute Gasteiger partial charge is 0.462 e. The minimum atomic E-state index is -0.934. The van der Waals surface area contributed by atoms with Gasteiger partial charge in [0.15, 0.2) is 0 Å². The van der Waals surface area contributed by atoms with Crippen LogP contribution in [0.15, 0.2) is 94.7 Å². The molecule has 0 saturated carbocycles. The van der Waals surface area contributed by atoms with Crippen LogP contribution in [0.4, 0.5) is 11.4 Å². The van der Waals surface area contributed by atoms with E-state index in [2.05, 4.69) is 5.32 Å². The highest BCUT2D eigenvalue weighted by molar-refractivity contribution is 8.00. The Labute approximate surface area is 292 Å². The van der Waals surface area contributed by atoms with Crippen LogP contribution < -0.4 is 15.1 Å². The summed E-state index contributed by atoms with van der Waals surface area (Å²) in [4.78, 5) is 68.7. The molecule has 9 nitrogen and oxygen atoms in total. The molecule has 2 aliphatic rings. The molecule has 4 aromatic carbocycles. The summed E-state index contributed by atoms with van der Waals surface area (Å²) in [6.45, 7) is 1.60. The van der Waals surface area contributed by atoms with Crippen molar-refractivity contribution in [2.24, 2.45) is 5.92 Å². The van der Waals surface area contributed by atoms with Gasteiger partial charge in [-0.3, -0.25) is 23.7 Å². The highest BCUT2D eigenvalue weighted by atomic mass is 35.5. The number of thiazole rings is 1. The zero-order valence-electron chi connectivity index (χ0n) is 25.1. The van der Waals surface area contributed by atoms with Crippen LogP contribution >= 0.6 is 46.3 Å². The smallest absolute Gasteiger partial charge is 0.338 e. The fourth-order valence-corrected chi connectivity index (χ4v) is 9.42. The van der Waals surface area contributed by atoms with Gasteiger partial charge in [-0.25, -0.2) is 9.69 Å². The number of fused-ring (bicyclic) bond motifs is 3. The number of imide groups is 1. The normalized spacial score (nSPS) is 18.5. The van der Waals surface area contributed by atoms with E-state index in [4.69, 9.17) is 27.9 Å². The molecule has 5 aromatic rings. The minimum Gasteiger partial charge on any atom is -0.462 e. The standard InChI is InChI=1S/C35H25Cl2N3O6S2/c1-2-46-34(44)19-13-15-20(16-14-19)40-31(42)27-26(22-10-6-11-23(36)28(22)37)30-33(47-29(27)32(40)43)39(35(45)48-30)17-25(41)38-24-12-5-8-18-7-3-4-9-21(18)24/h3-16,26-27,29H,2,17H2,1H3,(H,38,41)/t26-,27?,29?/m1/s1. The van der Waals surface area contributed by atoms with Gasteiger partial charge in [-0.1, -0.05) is 94.8 Å². The van der Waals surface area contributed by atoms with Gasteiger partial charge in [0.25, 0.3) is 0 Å². The van der Waals surface area contributed by atoms with Crippen molar-refractivity contribution < 1.29 is 23.9 Å². The molecule has 13 heteroatoms. The van der Waals surface area contributed by atoms with Crippen LogP contribution in [0, 0.1) is 5.92 Å². The summed E-state index contributed by atoms with van der Waals surface area (Å²) in [7, 11) is 0. The lowest BCUT2D eigenvalue weighted by molar-refractivity contribution is -0.122. The lowest BCUT2D eigenvalue weighted by Gasteiger charge is -2.31. The molecule has 2 unspecified atom stereocenters. The van der Waals surface area contributed by atoms with Crippen molar-refractivity contribution in [1.29, 1.82) is 0 Å². The number of nitrogens with zero attached hydrogens (tertiary/aromatic N) is 2. The highest BCUT2D eigenvalue weighted by Crippen LogP contribution is 2.55. The number of nitrogens with one attached hydrogen (secondary N) is 1. The van der Waals surface area contributed by atoms with Crippen LogP contribution in [0.25, 0.3) is 10.8 Å². The molecule has 3 heterocycles. The lowest BCUT2D eigenvalue weighted by atomic mass is 9.83. The predicted molar refractivity (Wildman–Crippen MR) is 187 cm³/mol. The Morgan fingerprint density at radius 2 is 1.62 bits per heavy atom. The highest BCUT2D eigenvalue weighted by Gasteiger charge is 2.57. The van der Waals surface area contributed by atoms with Gasteiger partial charge in [-0.05, 0) is 54.3 Å². The average Bonchev–Trinajstić information content (AvgIpc) is 3.52. The third-order valence-electron chi connectivity index (χ3n) is 8.37. The van der Waals surface area contributed by atoms with Gasteiger partial charge in [0.2, 0.25) is 17.7 Å². The van der Waals surface area contributed by atoms with Crippen molar-refractivity contribution in [3.05, 3.63) is 121 Å². The minimum absolute atomic E-state index is 0.206. The van der Waals surface area contributed by atoms with E-state index in [0.717, 1.165) is 38.8 Å². The number of ether oxygens (including phenoxy) is 1. The van der Waals surface area contributed by atoms with Crippen LogP contribution in [-0.2, 0) is 25.7 Å². The number of carbonyl (C=O) groups is 4. The van der Waals surface area contributed by atoms with Crippen molar-refractivity contribution in [3.63, 3.8) is 0 Å². The first-order valence-electron chi connectivity index (χ1n) is 14.9. The zero-order chi connectivity index (χ0) is 33.7. The summed E-state index contributed by atoms with van der Waals surface area (Å²) in [6, 6.07) is 24.3. The van der Waals surface area contributed by atoms with Gasteiger partial charge in [0.05, 0.1) is 38.8 Å². The van der Waals surface area contributed by atoms with Crippen LogP contribution in [0.1, 0.15) is 33.6 Å². The summed E-state index contributed by atoms with van der Waals surface area (Å²) < 4.78 is 6.40. The Morgan fingerprint density at radius 1 is 0.896 bits per heavy atom. The van der Waals surface area contributed by atoms with Crippen LogP contribution in [0.5, 0.6) is 0 Å². The van der Waals surface area contributed by atoms with Gasteiger partial charge in [-0.15, -0.1) is 0 Å². The van der Waals surface area contributed by atoms with Crippen molar-refractivity contribution in [2.45, 2.75) is 29.7 Å². The molecule has 7 rings (SSSR count). The molecule has 0 radical (unpaired) electrons. The molecule has 0 aliphatic carbocycles. The average molecular weight is 719 g/mol. The Kier molecular flexibility index (Phi) is 8.63. The fourth-order valence-electron chi connectivity index (χ4n) is 6.23. The SMILES string of the molecule is CCOC(=O)c1ccc(N2C(=O)C3Sc4c(sc(=O)n4CC(=O)Nc4cccc5ccccc45)[C@H](c4cccc(Cl)c4Cl)C3C2=O)cc1. The molecule has 1 aromatic heterocycles. The number of amides is 3. The fraction of sp³-hybridized carbons (Fsp3) is 0.171. The molecule has 242 valence electrons. The molecule has 1 saturated heterocycles. The molecular formula is C35H25Cl2N3O6S2. The molecule has 1 N–H and O–H groups in total. The number of esters is 1. The second-order valence-corrected chi connectivity index (χ2v) is 14.1. The monoisotopic (exact) mass is 717 g/mol.